The van der Waals surface area contributed by atoms with Crippen molar-refractivity contribution in [3.8, 4) is 5.69 Å². The molecular weight excluding hydrogens is 554 g/mol. The van der Waals surface area contributed by atoms with Gasteiger partial charge >= 0.3 is 0 Å². The van der Waals surface area contributed by atoms with E-state index in [9.17, 15) is 9.59 Å². The van der Waals surface area contributed by atoms with Crippen LogP contribution in [0.4, 0.5) is 5.69 Å². The van der Waals surface area contributed by atoms with Crippen LogP contribution in [0.3, 0.4) is 0 Å². The number of carbonyl (C=O) groups is 2. The molecule has 1 N–H and O–H groups in total. The number of carbonyl (C=O) groups excluding carboxylic acids is 2. The van der Waals surface area contributed by atoms with Gasteiger partial charge in [-0.05, 0) is 72.4 Å². The third-order valence-electron chi connectivity index (χ3n) is 6.57. The van der Waals surface area contributed by atoms with Gasteiger partial charge in [-0.3, -0.25) is 14.6 Å². The number of benzene rings is 2. The number of hydrogen-bond donors (Lipinski definition) is 1. The van der Waals surface area contributed by atoms with Gasteiger partial charge in [0.25, 0.3) is 5.91 Å². The molecule has 0 unspecified atom stereocenters. The fourth-order valence-corrected chi connectivity index (χ4v) is 5.18. The van der Waals surface area contributed by atoms with Crippen LogP contribution in [0.5, 0.6) is 0 Å². The third kappa shape index (κ3) is 6.09. The monoisotopic (exact) mass is 577 g/mol. The van der Waals surface area contributed by atoms with E-state index in [0.717, 1.165) is 34.3 Å². The minimum absolute atomic E-state index is 0.0518. The van der Waals surface area contributed by atoms with E-state index < -0.39 is 0 Å². The van der Waals surface area contributed by atoms with Gasteiger partial charge in [-0.25, -0.2) is 4.98 Å². The van der Waals surface area contributed by atoms with Crippen molar-refractivity contribution in [2.45, 2.75) is 25.2 Å². The van der Waals surface area contributed by atoms with Gasteiger partial charge in [-0.2, -0.15) is 0 Å². The summed E-state index contributed by atoms with van der Waals surface area (Å²) < 4.78 is 2.74. The zero-order chi connectivity index (χ0) is 25.8. The Morgan fingerprint density at radius 1 is 1.03 bits per heavy atom. The lowest BCUT2D eigenvalue weighted by Gasteiger charge is -2.32. The van der Waals surface area contributed by atoms with Crippen LogP contribution in [-0.4, -0.2) is 44.3 Å². The van der Waals surface area contributed by atoms with Crippen LogP contribution in [0, 0.1) is 0 Å². The number of halogens is 2. The quantitative estimate of drug-likeness (QED) is 0.310. The molecule has 5 rings (SSSR count). The Labute approximate surface area is 228 Å². The van der Waals surface area contributed by atoms with Crippen LogP contribution in [-0.2, 0) is 11.2 Å². The van der Waals surface area contributed by atoms with Crippen LogP contribution >= 0.6 is 27.5 Å². The van der Waals surface area contributed by atoms with E-state index in [1.54, 1.807) is 30.9 Å². The SMILES string of the molecule is O=C(Cc1cc(Br)ccc1Cl)Nc1ccc(C2CCN(C(=O)c3cc(-n4ccnc4)ccn3)CC2)cc1. The summed E-state index contributed by atoms with van der Waals surface area (Å²) >= 11 is 9.62. The summed E-state index contributed by atoms with van der Waals surface area (Å²) in [7, 11) is 0. The molecule has 3 heterocycles. The summed E-state index contributed by atoms with van der Waals surface area (Å²) in [5.41, 5.74) is 4.03. The lowest BCUT2D eigenvalue weighted by atomic mass is 9.89. The normalized spacial score (nSPS) is 13.9. The van der Waals surface area contributed by atoms with Crippen molar-refractivity contribution >= 4 is 45.0 Å². The van der Waals surface area contributed by atoms with Gasteiger partial charge in [-0.1, -0.05) is 39.7 Å². The number of likely N-dealkylation sites (tertiary alicyclic amines) is 1. The predicted molar refractivity (Wildman–Crippen MR) is 147 cm³/mol. The van der Waals surface area contributed by atoms with E-state index >= 15 is 0 Å². The van der Waals surface area contributed by atoms with Crippen molar-refractivity contribution in [2.24, 2.45) is 0 Å². The Hall–Kier alpha value is -3.49. The topological polar surface area (TPSA) is 80.1 Å². The average Bonchev–Trinajstić information content (AvgIpc) is 3.46. The Bertz CT molecular complexity index is 1400. The summed E-state index contributed by atoms with van der Waals surface area (Å²) in [5.74, 6) is 0.189. The number of pyridine rings is 1. The molecule has 0 atom stereocenters. The minimum Gasteiger partial charge on any atom is -0.337 e. The van der Waals surface area contributed by atoms with E-state index in [-0.39, 0.29) is 18.2 Å². The zero-order valence-electron chi connectivity index (χ0n) is 20.0. The molecule has 37 heavy (non-hydrogen) atoms. The summed E-state index contributed by atoms with van der Waals surface area (Å²) in [6.45, 7) is 1.35. The molecule has 2 amide bonds. The Kier molecular flexibility index (Phi) is 7.67. The number of aromatic nitrogens is 3. The molecule has 4 aromatic rings. The molecule has 1 aliphatic rings. The highest BCUT2D eigenvalue weighted by atomic mass is 79.9. The molecule has 2 aromatic heterocycles. The fourth-order valence-electron chi connectivity index (χ4n) is 4.58. The van der Waals surface area contributed by atoms with Crippen molar-refractivity contribution in [1.82, 2.24) is 19.4 Å². The predicted octanol–water partition coefficient (Wildman–Crippen LogP) is 5.88. The van der Waals surface area contributed by atoms with Gasteiger partial charge in [0.15, 0.2) is 0 Å². The van der Waals surface area contributed by atoms with Crippen molar-refractivity contribution in [3.63, 3.8) is 0 Å². The summed E-state index contributed by atoms with van der Waals surface area (Å²) in [5, 5.41) is 3.51. The first kappa shape index (κ1) is 25.2. The first-order valence-electron chi connectivity index (χ1n) is 12.0. The second-order valence-electron chi connectivity index (χ2n) is 9.02. The van der Waals surface area contributed by atoms with E-state index in [1.807, 2.05) is 46.0 Å². The van der Waals surface area contributed by atoms with E-state index in [0.29, 0.717) is 29.7 Å². The molecule has 1 saturated heterocycles. The average molecular weight is 579 g/mol. The number of nitrogens with one attached hydrogen (secondary N) is 1. The van der Waals surface area contributed by atoms with E-state index in [2.05, 4.69) is 43.3 Å². The smallest absolute Gasteiger partial charge is 0.272 e. The van der Waals surface area contributed by atoms with E-state index in [1.165, 1.54) is 5.56 Å². The zero-order valence-corrected chi connectivity index (χ0v) is 22.3. The third-order valence-corrected chi connectivity index (χ3v) is 7.43. The fraction of sp³-hybridized carbons (Fsp3) is 0.214. The standard InChI is InChI=1S/C28H25BrClN5O2/c29-22-3-6-25(30)21(15-22)16-27(36)33-23-4-1-19(2-5-23)20-8-12-34(13-9-20)28(37)26-17-24(7-10-32-26)35-14-11-31-18-35/h1-7,10-11,14-15,17-18,20H,8-9,12-13,16H2,(H,33,36). The maximum Gasteiger partial charge on any atom is 0.272 e. The van der Waals surface area contributed by atoms with Gasteiger partial charge in [0, 0.05) is 46.9 Å². The Balaban J connectivity index is 1.15. The van der Waals surface area contributed by atoms with Gasteiger partial charge in [0.05, 0.1) is 18.4 Å². The molecular formula is C28H25BrClN5O2. The highest BCUT2D eigenvalue weighted by molar-refractivity contribution is 9.10. The second-order valence-corrected chi connectivity index (χ2v) is 10.3. The summed E-state index contributed by atoms with van der Waals surface area (Å²) in [6.07, 6.45) is 8.84. The van der Waals surface area contributed by atoms with Crippen molar-refractivity contribution < 1.29 is 9.59 Å². The van der Waals surface area contributed by atoms with Crippen molar-refractivity contribution in [1.29, 1.82) is 0 Å². The molecule has 1 fully saturated rings. The molecule has 0 spiro atoms. The van der Waals surface area contributed by atoms with Crippen LogP contribution < -0.4 is 5.32 Å². The molecule has 0 aliphatic carbocycles. The van der Waals surface area contributed by atoms with Gasteiger partial charge in [-0.15, -0.1) is 0 Å². The number of rotatable bonds is 6. The highest BCUT2D eigenvalue weighted by Gasteiger charge is 2.25. The molecule has 7 nitrogen and oxygen atoms in total. The van der Waals surface area contributed by atoms with E-state index in [4.69, 9.17) is 11.6 Å². The van der Waals surface area contributed by atoms with Crippen LogP contribution in [0.2, 0.25) is 5.02 Å². The molecule has 0 bridgehead atoms. The van der Waals surface area contributed by atoms with Crippen molar-refractivity contribution in [2.75, 3.05) is 18.4 Å². The molecule has 188 valence electrons. The number of piperidine rings is 1. The maximum atomic E-state index is 13.1. The molecule has 9 heteroatoms. The maximum absolute atomic E-state index is 13.1. The number of nitrogens with zero attached hydrogens (tertiary/aromatic N) is 4. The lowest BCUT2D eigenvalue weighted by molar-refractivity contribution is -0.115. The molecule has 0 radical (unpaired) electrons. The Morgan fingerprint density at radius 2 is 1.81 bits per heavy atom. The first-order valence-corrected chi connectivity index (χ1v) is 13.2. The molecule has 1 aliphatic heterocycles. The summed E-state index contributed by atoms with van der Waals surface area (Å²) in [6, 6.07) is 17.1. The van der Waals surface area contributed by atoms with Crippen LogP contribution in [0.15, 0.2) is 84.0 Å². The highest BCUT2D eigenvalue weighted by Crippen LogP contribution is 2.30. The number of hydrogen-bond acceptors (Lipinski definition) is 4. The largest absolute Gasteiger partial charge is 0.337 e. The van der Waals surface area contributed by atoms with Crippen molar-refractivity contribution in [3.05, 3.63) is 106 Å². The minimum atomic E-state index is -0.120. The number of imidazole rings is 1. The van der Waals surface area contributed by atoms with Gasteiger partial charge < -0.3 is 14.8 Å². The number of anilines is 1. The van der Waals surface area contributed by atoms with Crippen LogP contribution in [0.25, 0.3) is 5.69 Å². The lowest BCUT2D eigenvalue weighted by Crippen LogP contribution is -2.38. The number of amides is 2. The van der Waals surface area contributed by atoms with Gasteiger partial charge in [0.1, 0.15) is 5.69 Å². The second kappa shape index (κ2) is 11.3. The first-order chi connectivity index (χ1) is 18.0. The molecule has 2 aromatic carbocycles. The Morgan fingerprint density at radius 3 is 2.54 bits per heavy atom. The van der Waals surface area contributed by atoms with Crippen LogP contribution in [0.1, 0.15) is 40.4 Å². The molecule has 0 saturated carbocycles. The summed E-state index contributed by atoms with van der Waals surface area (Å²) in [4.78, 5) is 35.8. The van der Waals surface area contributed by atoms with Gasteiger partial charge in [0.2, 0.25) is 5.91 Å².